The van der Waals surface area contributed by atoms with Gasteiger partial charge in [-0.05, 0) is 33.4 Å². The van der Waals surface area contributed by atoms with Crippen molar-refractivity contribution in [3.63, 3.8) is 0 Å². The molecular weight excluding hydrogens is 1230 g/mol. The maximum Gasteiger partial charge on any atom is 2.00 e. The molecule has 6 aromatic rings. The standard InChI is InChI=1S/6C7H6O2.6C2H5.6Zn/c6*8-7(9)6-4-2-1-3-5-6;6*1-2;;;;;;/h6*1-5H,(H,8,9);6*1H2,2H3;;;;;;/q;;;;;;6*-1;6*+2/p-6. The molecule has 0 aliphatic rings. The molecule has 0 radical (unpaired) electrons. The van der Waals surface area contributed by atoms with E-state index in [-0.39, 0.29) is 150 Å². The summed E-state index contributed by atoms with van der Waals surface area (Å²) in [6, 6.07) is 48.4. The molecule has 0 N–H and O–H groups in total. The minimum atomic E-state index is -1.13. The van der Waals surface area contributed by atoms with E-state index in [0.29, 0.717) is 0 Å². The fourth-order valence-corrected chi connectivity index (χ4v) is 3.45. The predicted octanol–water partition coefficient (Wildman–Crippen LogP) is 5.33. The van der Waals surface area contributed by atoms with Gasteiger partial charge in [-0.1, -0.05) is 182 Å². The third-order valence-corrected chi connectivity index (χ3v) is 6.06. The van der Waals surface area contributed by atoms with Crippen LogP contribution in [0.4, 0.5) is 0 Å². The summed E-state index contributed by atoms with van der Waals surface area (Å²) in [5.41, 5.74) is 1.32. The average molecular weight is 1290 g/mol. The van der Waals surface area contributed by atoms with E-state index < -0.39 is 35.8 Å². The fourth-order valence-electron chi connectivity index (χ4n) is 3.45. The van der Waals surface area contributed by atoms with Gasteiger partial charge in [0.2, 0.25) is 0 Å². The monoisotopic (exact) mass is 1280 g/mol. The average Bonchev–Trinajstić information content (AvgIpc) is 3.40. The number of carbonyl (C=O) groups is 6. The van der Waals surface area contributed by atoms with Gasteiger partial charge in [0, 0.05) is 0 Å². The summed E-state index contributed by atoms with van der Waals surface area (Å²) in [4.78, 5) is 60.5. The third-order valence-electron chi connectivity index (χ3n) is 6.06. The molecule has 0 amide bonds. The van der Waals surface area contributed by atoms with Crippen molar-refractivity contribution in [3.05, 3.63) is 257 Å². The van der Waals surface area contributed by atoms with Gasteiger partial charge in [-0.2, -0.15) is 41.5 Å². The van der Waals surface area contributed by atoms with E-state index in [9.17, 15) is 59.4 Å². The van der Waals surface area contributed by atoms with E-state index in [4.69, 9.17) is 0 Å². The van der Waals surface area contributed by atoms with E-state index in [1.807, 2.05) is 0 Å². The fraction of sp³-hybridized carbons (Fsp3) is 0.111. The topological polar surface area (TPSA) is 241 Å². The zero-order chi connectivity index (χ0) is 52.1. The Hall–Kier alpha value is -4.12. The Morgan fingerprint density at radius 2 is 0.278 bits per heavy atom. The van der Waals surface area contributed by atoms with Crippen LogP contribution in [0.25, 0.3) is 0 Å². The molecular formula is C54H60O12Zn6. The summed E-state index contributed by atoms with van der Waals surface area (Å²) in [5.74, 6) is -6.77. The van der Waals surface area contributed by atoms with Crippen LogP contribution in [0.2, 0.25) is 0 Å². The summed E-state index contributed by atoms with van der Waals surface area (Å²) in [6.07, 6.45) is 0. The Morgan fingerprint density at radius 1 is 0.208 bits per heavy atom. The normalized spacial score (nSPS) is 7.17. The van der Waals surface area contributed by atoms with Crippen molar-refractivity contribution < 1.29 is 176 Å². The molecule has 0 saturated heterocycles. The SMILES string of the molecule is O=C([O-])c1ccccc1.O=C([O-])c1ccccc1.O=C([O-])c1ccccc1.O=C([O-])c1ccccc1.O=C([O-])c1ccccc1.O=C([O-])c1ccccc1.[CH2-]C.[CH2-]C.[CH2-]C.[CH2-]C.[CH2-]C.[CH2-]C.[Zn+2].[Zn+2].[Zn+2].[Zn+2].[Zn+2].[Zn+2]. The van der Waals surface area contributed by atoms with E-state index in [2.05, 4.69) is 41.5 Å². The molecule has 0 fully saturated rings. The molecule has 6 rings (SSSR count). The molecule has 0 unspecified atom stereocenters. The van der Waals surface area contributed by atoms with Gasteiger partial charge in [-0.15, -0.1) is 0 Å². The smallest absolute Gasteiger partial charge is 0.545 e. The molecule has 360 valence electrons. The van der Waals surface area contributed by atoms with Gasteiger partial charge >= 0.3 is 117 Å². The maximum absolute atomic E-state index is 10.1. The number of hydrogen-bond acceptors (Lipinski definition) is 12. The van der Waals surface area contributed by atoms with Crippen LogP contribution in [0.5, 0.6) is 0 Å². The second-order valence-electron chi connectivity index (χ2n) is 9.92. The molecule has 72 heavy (non-hydrogen) atoms. The van der Waals surface area contributed by atoms with Crippen LogP contribution in [0, 0.1) is 41.5 Å². The van der Waals surface area contributed by atoms with Crippen LogP contribution < -0.4 is 30.6 Å². The van der Waals surface area contributed by atoms with E-state index in [1.165, 1.54) is 72.8 Å². The molecule has 0 bridgehead atoms. The molecule has 0 saturated carbocycles. The molecule has 6 aromatic carbocycles. The molecule has 0 atom stereocenters. The summed E-state index contributed by atoms with van der Waals surface area (Å²) in [7, 11) is 0. The van der Waals surface area contributed by atoms with Crippen LogP contribution in [0.1, 0.15) is 104 Å². The van der Waals surface area contributed by atoms with Crippen molar-refractivity contribution in [2.45, 2.75) is 41.5 Å². The Labute approximate surface area is 505 Å². The van der Waals surface area contributed by atoms with Gasteiger partial charge in [0.25, 0.3) is 0 Å². The Bertz CT molecular complexity index is 1640. The van der Waals surface area contributed by atoms with Gasteiger partial charge in [-0.3, -0.25) is 0 Å². The first-order chi connectivity index (χ1) is 31.8. The Kier molecular flexibility index (Phi) is 102. The number of carboxylic acids is 6. The van der Waals surface area contributed by atoms with Crippen molar-refractivity contribution in [2.75, 3.05) is 0 Å². The molecule has 0 heterocycles. The van der Waals surface area contributed by atoms with Crippen LogP contribution in [0.15, 0.2) is 182 Å². The van der Waals surface area contributed by atoms with Gasteiger partial charge in [-0.25, -0.2) is 0 Å². The largest absolute Gasteiger partial charge is 2.00 e. The summed E-state index contributed by atoms with van der Waals surface area (Å²) in [5, 5.41) is 60.5. The second kappa shape index (κ2) is 75.8. The first-order valence-corrected chi connectivity index (χ1v) is 19.7. The van der Waals surface area contributed by atoms with E-state index >= 15 is 0 Å². The minimum absolute atomic E-state index is 0. The Morgan fingerprint density at radius 3 is 0.319 bits per heavy atom. The van der Waals surface area contributed by atoms with Gasteiger partial charge in [0.05, 0.1) is 35.8 Å². The zero-order valence-electron chi connectivity index (χ0n) is 42.7. The van der Waals surface area contributed by atoms with Crippen molar-refractivity contribution >= 4 is 35.8 Å². The van der Waals surface area contributed by atoms with E-state index in [1.54, 1.807) is 151 Å². The third kappa shape index (κ3) is 60.2. The number of carboxylic acid groups (broad SMARTS) is 6. The Balaban J connectivity index is -0.0000000566. The quantitative estimate of drug-likeness (QED) is 0.152. The van der Waals surface area contributed by atoms with Crippen molar-refractivity contribution in [1.29, 1.82) is 0 Å². The van der Waals surface area contributed by atoms with Gasteiger partial charge in [0.1, 0.15) is 0 Å². The number of hydrogen-bond donors (Lipinski definition) is 0. The summed E-state index contributed by atoms with van der Waals surface area (Å²) < 4.78 is 0. The summed E-state index contributed by atoms with van der Waals surface area (Å²) in [6.45, 7) is 30.0. The van der Waals surface area contributed by atoms with Gasteiger partial charge < -0.3 is 101 Å². The number of benzene rings is 6. The summed E-state index contributed by atoms with van der Waals surface area (Å²) >= 11 is 0. The number of carbonyl (C=O) groups excluding carboxylic acids is 6. The van der Waals surface area contributed by atoms with Crippen molar-refractivity contribution in [2.24, 2.45) is 0 Å². The number of aromatic carboxylic acids is 6. The first kappa shape index (κ1) is 97.2. The molecule has 18 heteroatoms. The van der Waals surface area contributed by atoms with Gasteiger partial charge in [0.15, 0.2) is 0 Å². The molecule has 0 spiro atoms. The van der Waals surface area contributed by atoms with Crippen LogP contribution in [0.3, 0.4) is 0 Å². The van der Waals surface area contributed by atoms with E-state index in [0.717, 1.165) is 0 Å². The zero-order valence-corrected chi connectivity index (χ0v) is 60.5. The van der Waals surface area contributed by atoms with Crippen LogP contribution in [-0.4, -0.2) is 35.8 Å². The number of rotatable bonds is 6. The molecule has 0 aromatic heterocycles. The molecule has 0 aliphatic heterocycles. The minimum Gasteiger partial charge on any atom is -0.545 e. The second-order valence-corrected chi connectivity index (χ2v) is 9.92. The first-order valence-electron chi connectivity index (χ1n) is 19.7. The van der Waals surface area contributed by atoms with Crippen molar-refractivity contribution in [1.82, 2.24) is 0 Å². The predicted molar refractivity (Wildman–Crippen MR) is 251 cm³/mol. The molecule has 0 aliphatic carbocycles. The van der Waals surface area contributed by atoms with Crippen molar-refractivity contribution in [3.8, 4) is 0 Å². The maximum atomic E-state index is 10.1. The van der Waals surface area contributed by atoms with Crippen LogP contribution >= 0.6 is 0 Å². The van der Waals surface area contributed by atoms with Crippen LogP contribution in [-0.2, 0) is 117 Å². The molecule has 12 nitrogen and oxygen atoms in total.